The van der Waals surface area contributed by atoms with Gasteiger partial charge in [0, 0.05) is 19.1 Å². The molecule has 2 saturated heterocycles. The first-order valence-corrected chi connectivity index (χ1v) is 7.44. The molecule has 2 N–H and O–H groups in total. The van der Waals surface area contributed by atoms with E-state index in [4.69, 9.17) is 9.84 Å². The normalized spacial score (nSPS) is 25.6. The van der Waals surface area contributed by atoms with Gasteiger partial charge < -0.3 is 15.2 Å². The van der Waals surface area contributed by atoms with Crippen molar-refractivity contribution in [2.45, 2.75) is 31.9 Å². The third-order valence-corrected chi connectivity index (χ3v) is 4.29. The number of hydrogen-bond donors (Lipinski definition) is 2. The van der Waals surface area contributed by atoms with Crippen molar-refractivity contribution >= 4 is 11.8 Å². The van der Waals surface area contributed by atoms with Gasteiger partial charge in [0.25, 0.3) is 0 Å². The molecule has 0 radical (unpaired) electrons. The Morgan fingerprint density at radius 1 is 1.57 bits per heavy atom. The van der Waals surface area contributed by atoms with E-state index in [1.165, 1.54) is 19.4 Å². The molecule has 2 unspecified atom stereocenters. The average molecular weight is 291 g/mol. The van der Waals surface area contributed by atoms with Gasteiger partial charge in [-0.2, -0.15) is 0 Å². The highest BCUT2D eigenvalue weighted by molar-refractivity contribution is 5.89. The first kappa shape index (κ1) is 14.3. The molecule has 21 heavy (non-hydrogen) atoms. The minimum Gasteiger partial charge on any atom is -0.478 e. The Balaban J connectivity index is 1.55. The summed E-state index contributed by atoms with van der Waals surface area (Å²) in [6.45, 7) is 5.36. The summed E-state index contributed by atoms with van der Waals surface area (Å²) in [5, 5.41) is 12.2. The van der Waals surface area contributed by atoms with Crippen LogP contribution in [0.3, 0.4) is 0 Å². The van der Waals surface area contributed by atoms with Crippen LogP contribution in [0.2, 0.25) is 0 Å². The third-order valence-electron chi connectivity index (χ3n) is 4.29. The zero-order valence-electron chi connectivity index (χ0n) is 12.2. The fourth-order valence-corrected chi connectivity index (χ4v) is 3.11. The van der Waals surface area contributed by atoms with Gasteiger partial charge in [0.1, 0.15) is 5.82 Å². The van der Waals surface area contributed by atoms with Gasteiger partial charge in [-0.15, -0.1) is 0 Å². The van der Waals surface area contributed by atoms with E-state index in [1.807, 2.05) is 0 Å². The molecule has 6 heteroatoms. The van der Waals surface area contributed by atoms with Crippen LogP contribution in [0, 0.1) is 6.92 Å². The number of hydrogen-bond acceptors (Lipinski definition) is 5. The van der Waals surface area contributed by atoms with Crippen LogP contribution < -0.4 is 5.32 Å². The van der Waals surface area contributed by atoms with E-state index in [0.717, 1.165) is 13.2 Å². The monoisotopic (exact) mass is 291 g/mol. The lowest BCUT2D eigenvalue weighted by Crippen LogP contribution is -2.48. The maximum atomic E-state index is 11.0. The highest BCUT2D eigenvalue weighted by Crippen LogP contribution is 2.22. The number of anilines is 1. The van der Waals surface area contributed by atoms with E-state index < -0.39 is 5.97 Å². The van der Waals surface area contributed by atoms with Crippen molar-refractivity contribution in [1.29, 1.82) is 0 Å². The van der Waals surface area contributed by atoms with Crippen molar-refractivity contribution in [3.05, 3.63) is 23.4 Å². The van der Waals surface area contributed by atoms with Crippen molar-refractivity contribution in [1.82, 2.24) is 9.88 Å². The molecule has 2 aliphatic rings. The van der Waals surface area contributed by atoms with Crippen LogP contribution in [0.5, 0.6) is 0 Å². The quantitative estimate of drug-likeness (QED) is 0.872. The van der Waals surface area contributed by atoms with Gasteiger partial charge >= 0.3 is 5.97 Å². The summed E-state index contributed by atoms with van der Waals surface area (Å²) in [6.07, 6.45) is 2.68. The molecule has 6 nitrogen and oxygen atoms in total. The number of carboxylic acid groups (broad SMARTS) is 1. The number of morpholine rings is 1. The Morgan fingerprint density at radius 2 is 2.43 bits per heavy atom. The van der Waals surface area contributed by atoms with Gasteiger partial charge in [-0.3, -0.25) is 4.90 Å². The second kappa shape index (κ2) is 5.99. The number of aromatic carboxylic acids is 1. The molecule has 3 heterocycles. The van der Waals surface area contributed by atoms with Crippen LogP contribution in [0.15, 0.2) is 12.1 Å². The number of rotatable bonds is 4. The van der Waals surface area contributed by atoms with E-state index in [1.54, 1.807) is 19.1 Å². The van der Waals surface area contributed by atoms with Crippen LogP contribution in [0.25, 0.3) is 0 Å². The first-order chi connectivity index (χ1) is 10.1. The molecule has 2 fully saturated rings. The molecule has 114 valence electrons. The minimum absolute atomic E-state index is 0.167. The van der Waals surface area contributed by atoms with Crippen molar-refractivity contribution < 1.29 is 14.6 Å². The van der Waals surface area contributed by atoms with E-state index in [9.17, 15) is 4.79 Å². The highest BCUT2D eigenvalue weighted by atomic mass is 16.5. The number of carboxylic acids is 1. The Bertz CT molecular complexity index is 535. The van der Waals surface area contributed by atoms with Crippen LogP contribution in [-0.2, 0) is 4.74 Å². The van der Waals surface area contributed by atoms with Crippen LogP contribution in [0.4, 0.5) is 5.82 Å². The van der Waals surface area contributed by atoms with Crippen molar-refractivity contribution in [3.8, 4) is 0 Å². The standard InChI is InChI=1S/C15H21N3O3/c1-10-13(15(19)20)4-5-14(17-10)16-7-12-8-18-6-2-3-11(18)9-21-12/h4-5,11-12H,2-3,6-9H2,1H3,(H,16,17)(H,19,20). The number of ether oxygens (including phenoxy) is 1. The molecule has 0 spiro atoms. The molecular weight excluding hydrogens is 270 g/mol. The van der Waals surface area contributed by atoms with Crippen molar-refractivity contribution in [2.24, 2.45) is 0 Å². The number of pyridine rings is 1. The SMILES string of the molecule is Cc1nc(NCC2CN3CCCC3CO2)ccc1C(=O)O. The summed E-state index contributed by atoms with van der Waals surface area (Å²) in [5.41, 5.74) is 0.769. The molecule has 3 rings (SSSR count). The summed E-state index contributed by atoms with van der Waals surface area (Å²) < 4.78 is 5.88. The summed E-state index contributed by atoms with van der Waals surface area (Å²) >= 11 is 0. The number of aromatic nitrogens is 1. The number of nitrogens with zero attached hydrogens (tertiary/aromatic N) is 2. The Hall–Kier alpha value is -1.66. The maximum Gasteiger partial charge on any atom is 0.337 e. The van der Waals surface area contributed by atoms with Crippen LogP contribution >= 0.6 is 0 Å². The van der Waals surface area contributed by atoms with E-state index >= 15 is 0 Å². The molecule has 0 saturated carbocycles. The third kappa shape index (κ3) is 3.16. The second-order valence-electron chi connectivity index (χ2n) is 5.76. The van der Waals surface area contributed by atoms with Crippen LogP contribution in [0.1, 0.15) is 28.9 Å². The number of fused-ring (bicyclic) bond motifs is 1. The van der Waals surface area contributed by atoms with Crippen molar-refractivity contribution in [2.75, 3.05) is 31.6 Å². The largest absolute Gasteiger partial charge is 0.478 e. The Labute approximate surface area is 124 Å². The molecule has 0 aromatic carbocycles. The smallest absolute Gasteiger partial charge is 0.337 e. The lowest BCUT2D eigenvalue weighted by atomic mass is 10.2. The topological polar surface area (TPSA) is 74.7 Å². The zero-order valence-corrected chi connectivity index (χ0v) is 12.2. The predicted molar refractivity (Wildman–Crippen MR) is 78.8 cm³/mol. The van der Waals surface area contributed by atoms with E-state index in [0.29, 0.717) is 24.1 Å². The van der Waals surface area contributed by atoms with Gasteiger partial charge in [0.15, 0.2) is 0 Å². The zero-order chi connectivity index (χ0) is 14.8. The second-order valence-corrected chi connectivity index (χ2v) is 5.76. The number of carbonyl (C=O) groups is 1. The molecule has 1 aromatic rings. The van der Waals surface area contributed by atoms with Gasteiger partial charge in [-0.05, 0) is 38.4 Å². The molecule has 0 amide bonds. The van der Waals surface area contributed by atoms with Crippen LogP contribution in [-0.4, -0.2) is 59.3 Å². The summed E-state index contributed by atoms with van der Waals surface area (Å²) in [6, 6.07) is 3.90. The maximum absolute atomic E-state index is 11.0. The van der Waals surface area contributed by atoms with E-state index in [2.05, 4.69) is 15.2 Å². The highest BCUT2D eigenvalue weighted by Gasteiger charge is 2.31. The van der Waals surface area contributed by atoms with E-state index in [-0.39, 0.29) is 11.7 Å². The fraction of sp³-hybridized carbons (Fsp3) is 0.600. The summed E-state index contributed by atoms with van der Waals surface area (Å²) in [4.78, 5) is 17.7. The number of aryl methyl sites for hydroxylation is 1. The Kier molecular flexibility index (Phi) is 4.07. The molecule has 2 aliphatic heterocycles. The van der Waals surface area contributed by atoms with Gasteiger partial charge in [-0.1, -0.05) is 0 Å². The molecular formula is C15H21N3O3. The lowest BCUT2D eigenvalue weighted by Gasteiger charge is -2.35. The Morgan fingerprint density at radius 3 is 3.19 bits per heavy atom. The summed E-state index contributed by atoms with van der Waals surface area (Å²) in [5.74, 6) is -0.244. The molecule has 1 aromatic heterocycles. The fourth-order valence-electron chi connectivity index (χ4n) is 3.11. The first-order valence-electron chi connectivity index (χ1n) is 7.44. The van der Waals surface area contributed by atoms with Gasteiger partial charge in [-0.25, -0.2) is 9.78 Å². The van der Waals surface area contributed by atoms with Crippen molar-refractivity contribution in [3.63, 3.8) is 0 Å². The lowest BCUT2D eigenvalue weighted by molar-refractivity contribution is -0.0416. The molecule has 0 aliphatic carbocycles. The molecule has 2 atom stereocenters. The van der Waals surface area contributed by atoms with Gasteiger partial charge in [0.05, 0.1) is 24.0 Å². The number of nitrogens with one attached hydrogen (secondary N) is 1. The molecule has 0 bridgehead atoms. The minimum atomic E-state index is -0.942. The average Bonchev–Trinajstić information content (AvgIpc) is 2.92. The summed E-state index contributed by atoms with van der Waals surface area (Å²) in [7, 11) is 0. The van der Waals surface area contributed by atoms with Gasteiger partial charge in [0.2, 0.25) is 0 Å². The predicted octanol–water partition coefficient (Wildman–Crippen LogP) is 1.36.